The first-order valence-corrected chi connectivity index (χ1v) is 13.1. The minimum atomic E-state index is -1.18. The number of nitrogens with one attached hydrogen (secondary N) is 1. The topological polar surface area (TPSA) is 163 Å². The minimum absolute atomic E-state index is 0.0213. The van der Waals surface area contributed by atoms with E-state index in [1.807, 2.05) is 12.2 Å². The van der Waals surface area contributed by atoms with Gasteiger partial charge in [0.1, 0.15) is 24.2 Å². The molecule has 2 atom stereocenters. The van der Waals surface area contributed by atoms with E-state index in [1.165, 1.54) is 23.8 Å². The van der Waals surface area contributed by atoms with Crippen LogP contribution in [0.3, 0.4) is 0 Å². The minimum Gasteiger partial charge on any atom is -0.477 e. The molecule has 0 unspecified atom stereocenters. The number of aliphatic carboxylic acids is 1. The zero-order valence-electron chi connectivity index (χ0n) is 20.2. The van der Waals surface area contributed by atoms with Gasteiger partial charge in [-0.1, -0.05) is 11.2 Å². The number of hydrogen-bond acceptors (Lipinski definition) is 11. The van der Waals surface area contributed by atoms with Crippen LogP contribution < -0.4 is 11.1 Å². The van der Waals surface area contributed by atoms with Crippen molar-refractivity contribution >= 4 is 51.9 Å². The number of β-lactam (4-membered cyclic amide) rings is 1. The van der Waals surface area contributed by atoms with Crippen LogP contribution in [0.5, 0.6) is 0 Å². The molecule has 2 amide bonds. The van der Waals surface area contributed by atoms with E-state index in [9.17, 15) is 19.5 Å². The van der Waals surface area contributed by atoms with Crippen molar-refractivity contribution in [2.24, 2.45) is 5.16 Å². The molecule has 2 saturated heterocycles. The van der Waals surface area contributed by atoms with Gasteiger partial charge in [0.25, 0.3) is 11.8 Å². The van der Waals surface area contributed by atoms with Crippen LogP contribution in [0, 0.1) is 0 Å². The molecule has 0 aromatic carbocycles. The average Bonchev–Trinajstić information content (AvgIpc) is 3.28. The number of hydrogen-bond donors (Lipinski definition) is 3. The van der Waals surface area contributed by atoms with Gasteiger partial charge in [-0.15, -0.1) is 11.8 Å². The van der Waals surface area contributed by atoms with E-state index < -0.39 is 29.2 Å². The summed E-state index contributed by atoms with van der Waals surface area (Å²) in [4.78, 5) is 50.1. The number of aromatic nitrogens is 2. The molecule has 4 N–H and O–H groups in total. The zero-order valence-corrected chi connectivity index (χ0v) is 21.8. The SMILES string of the molecule is CO/N=C(\C(=O)N[C@@H]1C(=O)N2C(C(=O)O)=C(/C=C/C[N+]3(C)CCN(C)CC3)CS[C@@H]12)c1nsc(N)n1. The number of fused-ring (bicyclic) bond motifs is 1. The van der Waals surface area contributed by atoms with Gasteiger partial charge in [0.15, 0.2) is 5.13 Å². The number of nitrogens with zero attached hydrogens (tertiary/aromatic N) is 6. The molecule has 0 bridgehead atoms. The second kappa shape index (κ2) is 10.5. The summed E-state index contributed by atoms with van der Waals surface area (Å²) in [5, 5.41) is 15.8. The molecule has 194 valence electrons. The average molecular weight is 538 g/mol. The largest absolute Gasteiger partial charge is 0.477 e. The number of nitrogens with two attached hydrogens (primary N) is 1. The molecule has 0 saturated carbocycles. The van der Waals surface area contributed by atoms with E-state index in [0.29, 0.717) is 11.3 Å². The molecular formula is C21H29N8O5S2+. The maximum absolute atomic E-state index is 13.0. The number of thioether (sulfide) groups is 1. The quantitative estimate of drug-likeness (QED) is 0.165. The number of piperazine rings is 1. The summed E-state index contributed by atoms with van der Waals surface area (Å²) in [6.45, 7) is 4.85. The summed E-state index contributed by atoms with van der Waals surface area (Å²) in [5.74, 6) is -2.03. The van der Waals surface area contributed by atoms with Crippen molar-refractivity contribution in [1.29, 1.82) is 0 Å². The Morgan fingerprint density at radius 3 is 2.72 bits per heavy atom. The van der Waals surface area contributed by atoms with Crippen LogP contribution in [-0.2, 0) is 19.2 Å². The van der Waals surface area contributed by atoms with Crippen LogP contribution in [-0.4, -0.2) is 123 Å². The predicted octanol–water partition coefficient (Wildman–Crippen LogP) is -0.842. The fourth-order valence-electron chi connectivity index (χ4n) is 4.27. The lowest BCUT2D eigenvalue weighted by molar-refractivity contribution is -0.908. The molecule has 1 aromatic heterocycles. The van der Waals surface area contributed by atoms with Crippen LogP contribution in [0.4, 0.5) is 5.13 Å². The van der Waals surface area contributed by atoms with E-state index in [1.54, 1.807) is 0 Å². The lowest BCUT2D eigenvalue weighted by Crippen LogP contribution is -2.71. The van der Waals surface area contributed by atoms with Crippen LogP contribution in [0.1, 0.15) is 5.82 Å². The molecule has 1 aromatic rings. The highest BCUT2D eigenvalue weighted by molar-refractivity contribution is 8.00. The summed E-state index contributed by atoms with van der Waals surface area (Å²) < 4.78 is 4.84. The van der Waals surface area contributed by atoms with E-state index >= 15 is 0 Å². The Bertz CT molecular complexity index is 1140. The van der Waals surface area contributed by atoms with Gasteiger partial charge in [0.05, 0.1) is 26.7 Å². The lowest BCUT2D eigenvalue weighted by atomic mass is 10.0. The van der Waals surface area contributed by atoms with Gasteiger partial charge in [-0.05, 0) is 18.7 Å². The number of carbonyl (C=O) groups excluding carboxylic acids is 2. The predicted molar refractivity (Wildman–Crippen MR) is 135 cm³/mol. The Morgan fingerprint density at radius 1 is 1.39 bits per heavy atom. The first-order chi connectivity index (χ1) is 17.1. The molecule has 4 rings (SSSR count). The second-order valence-electron chi connectivity index (χ2n) is 9.07. The number of quaternary nitrogens is 1. The third-order valence-corrected chi connectivity index (χ3v) is 8.29. The number of likely N-dealkylation sites (N-methyl/N-ethyl adjacent to an activating group) is 2. The zero-order chi connectivity index (χ0) is 26.0. The van der Waals surface area contributed by atoms with Crippen molar-refractivity contribution in [2.75, 3.05) is 65.4 Å². The fraction of sp³-hybridized carbons (Fsp3) is 0.524. The van der Waals surface area contributed by atoms with Crippen LogP contribution in [0.25, 0.3) is 0 Å². The van der Waals surface area contributed by atoms with E-state index in [-0.39, 0.29) is 22.4 Å². The van der Waals surface area contributed by atoms with Crippen LogP contribution in [0.15, 0.2) is 28.6 Å². The van der Waals surface area contributed by atoms with Crippen LogP contribution >= 0.6 is 23.3 Å². The Balaban J connectivity index is 1.46. The molecule has 3 aliphatic rings. The normalized spacial score (nSPS) is 24.5. The standard InChI is InChI=1S/C21H28N8O5S2/c1-27-6-9-29(2,10-7-27)8-4-5-12-11-35-19-14(18(31)28(19)15(12)20(32)33)23-17(30)13(25-34-3)16-24-21(22)36-26-16/h4-5,14,19H,6-11H2,1-3H3,(H3-,22,23,24,26,30,32,33)/p+1/b5-4+,25-13-/t14-,19+/m1/s1. The highest BCUT2D eigenvalue weighted by Gasteiger charge is 2.54. The highest BCUT2D eigenvalue weighted by atomic mass is 32.2. The number of carboxylic acids is 1. The van der Waals surface area contributed by atoms with Crippen molar-refractivity contribution in [3.8, 4) is 0 Å². The van der Waals surface area contributed by atoms with Gasteiger partial charge in [-0.25, -0.2) is 4.79 Å². The first kappa shape index (κ1) is 26.1. The lowest BCUT2D eigenvalue weighted by Gasteiger charge is -2.49. The van der Waals surface area contributed by atoms with Gasteiger partial charge in [-0.3, -0.25) is 19.4 Å². The number of amides is 2. The number of allylic oxidation sites excluding steroid dienone is 1. The molecule has 0 radical (unpaired) electrons. The maximum Gasteiger partial charge on any atom is 0.352 e. The maximum atomic E-state index is 13.0. The third-order valence-electron chi connectivity index (χ3n) is 6.45. The monoisotopic (exact) mass is 537 g/mol. The Labute approximate surface area is 216 Å². The number of carbonyl (C=O) groups is 3. The molecule has 0 spiro atoms. The van der Waals surface area contributed by atoms with Crippen molar-refractivity contribution < 1.29 is 28.8 Å². The van der Waals surface area contributed by atoms with Crippen molar-refractivity contribution in [1.82, 2.24) is 24.5 Å². The number of nitrogen functional groups attached to an aromatic ring is 1. The molecule has 36 heavy (non-hydrogen) atoms. The van der Waals surface area contributed by atoms with Crippen molar-refractivity contribution in [3.05, 3.63) is 29.2 Å². The van der Waals surface area contributed by atoms with Gasteiger partial charge in [-0.2, -0.15) is 9.36 Å². The summed E-state index contributed by atoms with van der Waals surface area (Å²) in [7, 11) is 5.56. The molecule has 2 fully saturated rings. The van der Waals surface area contributed by atoms with Gasteiger partial charge >= 0.3 is 5.97 Å². The number of oxime groups is 1. The number of rotatable bonds is 8. The molecule has 4 heterocycles. The Morgan fingerprint density at radius 2 is 2.11 bits per heavy atom. The van der Waals surface area contributed by atoms with E-state index in [4.69, 9.17) is 10.6 Å². The molecular weight excluding hydrogens is 508 g/mol. The Hall–Kier alpha value is -3.01. The second-order valence-corrected chi connectivity index (χ2v) is 11.0. The Kier molecular flexibility index (Phi) is 7.63. The third kappa shape index (κ3) is 5.23. The molecule has 13 nitrogen and oxygen atoms in total. The number of carboxylic acid groups (broad SMARTS) is 1. The van der Waals surface area contributed by atoms with Crippen molar-refractivity contribution in [2.45, 2.75) is 11.4 Å². The molecule has 3 aliphatic heterocycles. The van der Waals surface area contributed by atoms with Gasteiger partial charge in [0, 0.05) is 30.4 Å². The van der Waals surface area contributed by atoms with Gasteiger partial charge in [0.2, 0.25) is 11.5 Å². The molecule has 0 aliphatic carbocycles. The van der Waals surface area contributed by atoms with Crippen molar-refractivity contribution in [3.63, 3.8) is 0 Å². The van der Waals surface area contributed by atoms with Crippen LogP contribution in [0.2, 0.25) is 0 Å². The summed E-state index contributed by atoms with van der Waals surface area (Å²) >= 11 is 2.28. The fourth-order valence-corrected chi connectivity index (χ4v) is 6.02. The van der Waals surface area contributed by atoms with Gasteiger partial charge < -0.3 is 25.5 Å². The first-order valence-electron chi connectivity index (χ1n) is 11.2. The number of anilines is 1. The highest BCUT2D eigenvalue weighted by Crippen LogP contribution is 2.40. The summed E-state index contributed by atoms with van der Waals surface area (Å²) in [5.41, 5.74) is 5.89. The van der Waals surface area contributed by atoms with E-state index in [2.05, 4.69) is 38.8 Å². The summed E-state index contributed by atoms with van der Waals surface area (Å²) in [6.07, 6.45) is 3.81. The molecule has 15 heteroatoms. The van der Waals surface area contributed by atoms with E-state index in [0.717, 1.165) is 48.7 Å². The summed E-state index contributed by atoms with van der Waals surface area (Å²) in [6, 6.07) is -0.921. The smallest absolute Gasteiger partial charge is 0.352 e.